The predicted octanol–water partition coefficient (Wildman–Crippen LogP) is 7.88. The molecule has 0 aliphatic carbocycles. The first-order valence-electron chi connectivity index (χ1n) is 15.2. The van der Waals surface area contributed by atoms with Crippen LogP contribution in [0.3, 0.4) is 0 Å². The number of aromatic hydroxyl groups is 1. The summed E-state index contributed by atoms with van der Waals surface area (Å²) in [5.74, 6) is 0.134. The van der Waals surface area contributed by atoms with Gasteiger partial charge in [0.15, 0.2) is 0 Å². The minimum atomic E-state index is -0.487. The molecular weight excluding hydrogens is 486 g/mol. The average molecular weight is 542 g/mol. The molecule has 0 fully saturated rings. The van der Waals surface area contributed by atoms with Crippen LogP contribution < -0.4 is 5.32 Å². The lowest BCUT2D eigenvalue weighted by atomic mass is 9.78. The summed E-state index contributed by atoms with van der Waals surface area (Å²) in [6.07, 6.45) is 16.3. The number of unbranched alkanes of at least 4 members (excludes halogenated alkanes) is 9. The third-order valence-electron chi connectivity index (χ3n) is 7.34. The quantitative estimate of drug-likeness (QED) is 0.140. The van der Waals surface area contributed by atoms with Crippen molar-refractivity contribution in [2.75, 3.05) is 6.61 Å². The number of aromatic nitrogens is 2. The van der Waals surface area contributed by atoms with Crippen molar-refractivity contribution in [1.29, 1.82) is 0 Å². The molecule has 1 aromatic heterocycles. The van der Waals surface area contributed by atoms with Crippen molar-refractivity contribution in [3.63, 3.8) is 0 Å². The molecule has 0 amide bonds. The van der Waals surface area contributed by atoms with Crippen LogP contribution in [0.2, 0.25) is 0 Å². The lowest BCUT2D eigenvalue weighted by molar-refractivity contribution is -0.146. The van der Waals surface area contributed by atoms with E-state index in [9.17, 15) is 9.90 Å². The van der Waals surface area contributed by atoms with E-state index in [2.05, 4.69) is 75.9 Å². The number of rotatable bonds is 17. The van der Waals surface area contributed by atoms with E-state index in [-0.39, 0.29) is 16.8 Å². The first-order chi connectivity index (χ1) is 18.4. The third kappa shape index (κ3) is 11.7. The summed E-state index contributed by atoms with van der Waals surface area (Å²) in [7, 11) is 0. The monoisotopic (exact) mass is 541 g/mol. The minimum absolute atomic E-state index is 0.205. The van der Waals surface area contributed by atoms with Crippen molar-refractivity contribution in [3.8, 4) is 5.75 Å². The number of carbonyl (C=O) groups is 1. The second kappa shape index (κ2) is 16.1. The maximum absolute atomic E-state index is 13.1. The third-order valence-corrected chi connectivity index (χ3v) is 7.34. The Kier molecular flexibility index (Phi) is 13.5. The molecule has 39 heavy (non-hydrogen) atoms. The van der Waals surface area contributed by atoms with Crippen LogP contribution in [0.4, 0.5) is 0 Å². The van der Waals surface area contributed by atoms with Gasteiger partial charge in [0.25, 0.3) is 0 Å². The summed E-state index contributed by atoms with van der Waals surface area (Å²) in [6.45, 7) is 15.9. The van der Waals surface area contributed by atoms with Crippen LogP contribution in [0.5, 0.6) is 5.75 Å². The summed E-state index contributed by atoms with van der Waals surface area (Å²) in [4.78, 5) is 20.3. The standard InChI is InChI=1S/C33H55N3O3/c1-8-9-10-11-12-13-14-15-16-17-18-39-31(38)29(21-26-23-34-24-36-26)35-22-25-19-27(32(2,3)4)30(37)28(20-25)33(5,6)7/h19-20,23-24,29,35,37H,8-18,21-22H2,1-7H3,(H,34,36)/t29-/m0/s1. The highest BCUT2D eigenvalue weighted by Crippen LogP contribution is 2.39. The van der Waals surface area contributed by atoms with Gasteiger partial charge in [-0.25, -0.2) is 4.98 Å². The minimum Gasteiger partial charge on any atom is -0.507 e. The summed E-state index contributed by atoms with van der Waals surface area (Å²) in [6, 6.07) is 3.62. The molecule has 0 unspecified atom stereocenters. The Hall–Kier alpha value is -2.34. The number of imidazole rings is 1. The van der Waals surface area contributed by atoms with E-state index in [1.54, 1.807) is 12.5 Å². The van der Waals surface area contributed by atoms with Crippen molar-refractivity contribution in [1.82, 2.24) is 15.3 Å². The number of phenolic OH excluding ortho intramolecular Hbond substituents is 1. The van der Waals surface area contributed by atoms with Gasteiger partial charge in [0.2, 0.25) is 0 Å². The number of aromatic amines is 1. The Bertz CT molecular complexity index is 936. The Balaban J connectivity index is 1.95. The molecular formula is C33H55N3O3. The summed E-state index contributed by atoms with van der Waals surface area (Å²) < 4.78 is 5.71. The van der Waals surface area contributed by atoms with Gasteiger partial charge in [-0.2, -0.15) is 0 Å². The maximum Gasteiger partial charge on any atom is 0.323 e. The van der Waals surface area contributed by atoms with Crippen molar-refractivity contribution in [2.45, 2.75) is 143 Å². The van der Waals surface area contributed by atoms with E-state index in [1.165, 1.54) is 51.4 Å². The SMILES string of the molecule is CCCCCCCCCCCCOC(=O)[C@H](Cc1cnc[nH]1)NCc1cc(C(C)(C)C)c(O)c(C(C)(C)C)c1. The number of esters is 1. The molecule has 2 aromatic rings. The molecule has 6 nitrogen and oxygen atoms in total. The Morgan fingerprint density at radius 1 is 0.923 bits per heavy atom. The number of hydrogen-bond donors (Lipinski definition) is 3. The van der Waals surface area contributed by atoms with Gasteiger partial charge in [-0.05, 0) is 33.9 Å². The van der Waals surface area contributed by atoms with Gasteiger partial charge in [0.1, 0.15) is 11.8 Å². The fraction of sp³-hybridized carbons (Fsp3) is 0.697. The van der Waals surface area contributed by atoms with Crippen LogP contribution in [0.25, 0.3) is 0 Å². The number of phenols is 1. The number of nitrogens with zero attached hydrogens (tertiary/aromatic N) is 1. The molecule has 1 heterocycles. The van der Waals surface area contributed by atoms with Crippen molar-refractivity contribution >= 4 is 5.97 Å². The van der Waals surface area contributed by atoms with Crippen LogP contribution >= 0.6 is 0 Å². The largest absolute Gasteiger partial charge is 0.507 e. The molecule has 3 N–H and O–H groups in total. The van der Waals surface area contributed by atoms with Gasteiger partial charge in [-0.1, -0.05) is 118 Å². The van der Waals surface area contributed by atoms with E-state index < -0.39 is 6.04 Å². The number of nitrogens with one attached hydrogen (secondary N) is 2. The summed E-state index contributed by atoms with van der Waals surface area (Å²) in [5, 5.41) is 14.5. The zero-order valence-electron chi connectivity index (χ0n) is 25.8. The molecule has 0 aliphatic rings. The van der Waals surface area contributed by atoms with Crippen molar-refractivity contribution < 1.29 is 14.6 Å². The van der Waals surface area contributed by atoms with Crippen LogP contribution in [0.15, 0.2) is 24.7 Å². The zero-order chi connectivity index (χ0) is 28.9. The van der Waals surface area contributed by atoms with E-state index in [0.717, 1.165) is 35.2 Å². The number of carbonyl (C=O) groups excluding carboxylic acids is 1. The predicted molar refractivity (Wildman–Crippen MR) is 161 cm³/mol. The molecule has 0 aliphatic heterocycles. The highest BCUT2D eigenvalue weighted by molar-refractivity contribution is 5.76. The fourth-order valence-electron chi connectivity index (χ4n) is 4.90. The van der Waals surface area contributed by atoms with Gasteiger partial charge < -0.3 is 14.8 Å². The van der Waals surface area contributed by atoms with E-state index in [4.69, 9.17) is 4.74 Å². The van der Waals surface area contributed by atoms with Gasteiger partial charge in [-0.3, -0.25) is 10.1 Å². The Morgan fingerprint density at radius 3 is 1.95 bits per heavy atom. The molecule has 2 rings (SSSR count). The number of H-pyrrole nitrogens is 1. The fourth-order valence-corrected chi connectivity index (χ4v) is 4.90. The molecule has 220 valence electrons. The van der Waals surface area contributed by atoms with Crippen LogP contribution in [0, 0.1) is 0 Å². The molecule has 0 saturated heterocycles. The lowest BCUT2D eigenvalue weighted by Crippen LogP contribution is -2.40. The zero-order valence-corrected chi connectivity index (χ0v) is 25.8. The van der Waals surface area contributed by atoms with Crippen LogP contribution in [0.1, 0.15) is 135 Å². The number of ether oxygens (including phenoxy) is 1. The van der Waals surface area contributed by atoms with Gasteiger partial charge in [0, 0.05) is 24.9 Å². The molecule has 6 heteroatoms. The van der Waals surface area contributed by atoms with Gasteiger partial charge in [0.05, 0.1) is 12.9 Å². The number of benzene rings is 1. The second-order valence-corrected chi connectivity index (χ2v) is 13.1. The molecule has 0 saturated carbocycles. The Labute approximate surface area is 237 Å². The normalized spacial score (nSPS) is 13.0. The van der Waals surface area contributed by atoms with E-state index >= 15 is 0 Å². The molecule has 0 spiro atoms. The van der Waals surface area contributed by atoms with Gasteiger partial charge in [-0.15, -0.1) is 0 Å². The number of hydrogen-bond acceptors (Lipinski definition) is 5. The van der Waals surface area contributed by atoms with Crippen LogP contribution in [-0.2, 0) is 33.3 Å². The van der Waals surface area contributed by atoms with E-state index in [0.29, 0.717) is 25.3 Å². The topological polar surface area (TPSA) is 87.2 Å². The molecule has 0 radical (unpaired) electrons. The molecule has 0 bridgehead atoms. The van der Waals surface area contributed by atoms with E-state index in [1.807, 2.05) is 0 Å². The molecule has 1 atom stereocenters. The van der Waals surface area contributed by atoms with Gasteiger partial charge >= 0.3 is 5.97 Å². The summed E-state index contributed by atoms with van der Waals surface area (Å²) >= 11 is 0. The van der Waals surface area contributed by atoms with Crippen molar-refractivity contribution in [3.05, 3.63) is 47.0 Å². The maximum atomic E-state index is 13.1. The Morgan fingerprint density at radius 2 is 1.46 bits per heavy atom. The highest BCUT2D eigenvalue weighted by Gasteiger charge is 2.27. The lowest BCUT2D eigenvalue weighted by Gasteiger charge is -2.28. The summed E-state index contributed by atoms with van der Waals surface area (Å²) in [5.41, 5.74) is 3.35. The van der Waals surface area contributed by atoms with Crippen LogP contribution in [-0.4, -0.2) is 33.7 Å². The first kappa shape index (κ1) is 32.9. The highest BCUT2D eigenvalue weighted by atomic mass is 16.5. The first-order valence-corrected chi connectivity index (χ1v) is 15.2. The molecule has 1 aromatic carbocycles. The smallest absolute Gasteiger partial charge is 0.323 e. The van der Waals surface area contributed by atoms with Crippen molar-refractivity contribution in [2.24, 2.45) is 0 Å². The average Bonchev–Trinajstić information content (AvgIpc) is 3.37. The second-order valence-electron chi connectivity index (χ2n) is 13.1.